The molecule has 0 fully saturated rings. The standard InChI is InChI=1S/C19H27NS/c1-5-9-20-18(7-6-17-8-10-21-13-17)19-15(3)11-14(2)12-16(19)4/h8,10-13,18,20H,5-7,9H2,1-4H3. The molecule has 1 aromatic heterocycles. The molecule has 2 aromatic rings. The number of benzene rings is 1. The molecule has 0 bridgehead atoms. The number of hydrogen-bond acceptors (Lipinski definition) is 2. The van der Waals surface area contributed by atoms with Crippen molar-refractivity contribution in [1.29, 1.82) is 0 Å². The molecule has 0 amide bonds. The minimum Gasteiger partial charge on any atom is -0.310 e. The van der Waals surface area contributed by atoms with Crippen LogP contribution >= 0.6 is 11.3 Å². The quantitative estimate of drug-likeness (QED) is 0.727. The molecule has 2 heteroatoms. The largest absolute Gasteiger partial charge is 0.310 e. The summed E-state index contributed by atoms with van der Waals surface area (Å²) in [5, 5.41) is 8.20. The first-order valence-corrected chi connectivity index (χ1v) is 8.88. The second-order valence-corrected chi connectivity index (χ2v) is 6.77. The highest BCUT2D eigenvalue weighted by atomic mass is 32.1. The Balaban J connectivity index is 2.18. The minimum atomic E-state index is 0.463. The lowest BCUT2D eigenvalue weighted by Crippen LogP contribution is -2.24. The normalized spacial score (nSPS) is 12.6. The van der Waals surface area contributed by atoms with Gasteiger partial charge >= 0.3 is 0 Å². The Kier molecular flexibility index (Phi) is 6.01. The van der Waals surface area contributed by atoms with Crippen molar-refractivity contribution in [1.82, 2.24) is 5.32 Å². The van der Waals surface area contributed by atoms with Crippen LogP contribution in [-0.2, 0) is 6.42 Å². The lowest BCUT2D eigenvalue weighted by atomic mass is 9.91. The first-order valence-electron chi connectivity index (χ1n) is 7.94. The highest BCUT2D eigenvalue weighted by Crippen LogP contribution is 2.27. The van der Waals surface area contributed by atoms with Gasteiger partial charge in [0.15, 0.2) is 0 Å². The lowest BCUT2D eigenvalue weighted by molar-refractivity contribution is 0.495. The Bertz CT molecular complexity index is 534. The lowest BCUT2D eigenvalue weighted by Gasteiger charge is -2.23. The van der Waals surface area contributed by atoms with Gasteiger partial charge in [-0.3, -0.25) is 0 Å². The van der Waals surface area contributed by atoms with Crippen molar-refractivity contribution in [2.75, 3.05) is 6.54 Å². The summed E-state index contributed by atoms with van der Waals surface area (Å²) in [6, 6.07) is 7.34. The van der Waals surface area contributed by atoms with E-state index < -0.39 is 0 Å². The van der Waals surface area contributed by atoms with Crippen molar-refractivity contribution in [3.63, 3.8) is 0 Å². The summed E-state index contributed by atoms with van der Waals surface area (Å²) < 4.78 is 0. The van der Waals surface area contributed by atoms with Gasteiger partial charge in [-0.1, -0.05) is 24.6 Å². The fourth-order valence-corrected chi connectivity index (χ4v) is 3.86. The predicted molar refractivity (Wildman–Crippen MR) is 94.3 cm³/mol. The third kappa shape index (κ3) is 4.42. The van der Waals surface area contributed by atoms with E-state index in [0.717, 1.165) is 13.0 Å². The summed E-state index contributed by atoms with van der Waals surface area (Å²) in [4.78, 5) is 0. The molecule has 0 aliphatic carbocycles. The molecule has 1 unspecified atom stereocenters. The number of hydrogen-bond donors (Lipinski definition) is 1. The molecule has 0 aliphatic heterocycles. The van der Waals surface area contributed by atoms with Crippen molar-refractivity contribution >= 4 is 11.3 Å². The molecule has 1 N–H and O–H groups in total. The molecule has 1 aromatic carbocycles. The maximum Gasteiger partial charge on any atom is 0.0328 e. The van der Waals surface area contributed by atoms with Gasteiger partial charge in [0.2, 0.25) is 0 Å². The predicted octanol–water partition coefficient (Wildman–Crippen LogP) is 5.35. The molecule has 0 radical (unpaired) electrons. The Labute approximate surface area is 133 Å². The third-order valence-corrected chi connectivity index (χ3v) is 4.76. The monoisotopic (exact) mass is 301 g/mol. The van der Waals surface area contributed by atoms with Gasteiger partial charge in [0.05, 0.1) is 0 Å². The van der Waals surface area contributed by atoms with E-state index in [2.05, 4.69) is 62.0 Å². The highest BCUT2D eigenvalue weighted by Gasteiger charge is 2.16. The number of nitrogens with one attached hydrogen (secondary N) is 1. The Morgan fingerprint density at radius 1 is 1.14 bits per heavy atom. The van der Waals surface area contributed by atoms with Crippen LogP contribution in [0.5, 0.6) is 0 Å². The summed E-state index contributed by atoms with van der Waals surface area (Å²) in [6.07, 6.45) is 3.50. The van der Waals surface area contributed by atoms with Crippen LogP contribution in [-0.4, -0.2) is 6.54 Å². The summed E-state index contributed by atoms with van der Waals surface area (Å²) >= 11 is 1.79. The summed E-state index contributed by atoms with van der Waals surface area (Å²) in [5.41, 5.74) is 7.17. The van der Waals surface area contributed by atoms with E-state index in [-0.39, 0.29) is 0 Å². The van der Waals surface area contributed by atoms with E-state index in [1.165, 1.54) is 40.7 Å². The minimum absolute atomic E-state index is 0.463. The Hall–Kier alpha value is -1.12. The Morgan fingerprint density at radius 2 is 1.86 bits per heavy atom. The van der Waals surface area contributed by atoms with Crippen LogP contribution in [0.3, 0.4) is 0 Å². The number of thiophene rings is 1. The molecule has 21 heavy (non-hydrogen) atoms. The summed E-state index contributed by atoms with van der Waals surface area (Å²) in [6.45, 7) is 10.0. The molecule has 0 saturated heterocycles. The van der Waals surface area contributed by atoms with Crippen molar-refractivity contribution in [2.45, 2.75) is 53.0 Å². The van der Waals surface area contributed by atoms with Gasteiger partial charge in [-0.15, -0.1) is 0 Å². The highest BCUT2D eigenvalue weighted by molar-refractivity contribution is 7.07. The van der Waals surface area contributed by atoms with Crippen LogP contribution in [0.2, 0.25) is 0 Å². The fourth-order valence-electron chi connectivity index (χ4n) is 3.15. The van der Waals surface area contributed by atoms with Gasteiger partial charge in [-0.05, 0) is 85.7 Å². The van der Waals surface area contributed by atoms with Gasteiger partial charge in [0.25, 0.3) is 0 Å². The van der Waals surface area contributed by atoms with Crippen LogP contribution in [0.15, 0.2) is 29.0 Å². The Morgan fingerprint density at radius 3 is 2.43 bits per heavy atom. The van der Waals surface area contributed by atoms with Gasteiger partial charge in [-0.2, -0.15) is 11.3 Å². The van der Waals surface area contributed by atoms with E-state index in [0.29, 0.717) is 6.04 Å². The van der Waals surface area contributed by atoms with Gasteiger partial charge < -0.3 is 5.32 Å². The second-order valence-electron chi connectivity index (χ2n) is 5.99. The van der Waals surface area contributed by atoms with E-state index in [4.69, 9.17) is 0 Å². The molecule has 0 aliphatic rings. The van der Waals surface area contributed by atoms with Crippen molar-refractivity contribution < 1.29 is 0 Å². The van der Waals surface area contributed by atoms with E-state index in [1.807, 2.05) is 0 Å². The zero-order valence-electron chi connectivity index (χ0n) is 13.7. The summed E-state index contributed by atoms with van der Waals surface area (Å²) in [5.74, 6) is 0. The smallest absolute Gasteiger partial charge is 0.0328 e. The maximum atomic E-state index is 3.75. The molecule has 0 saturated carbocycles. The molecular formula is C19H27NS. The number of rotatable bonds is 7. The molecular weight excluding hydrogens is 274 g/mol. The topological polar surface area (TPSA) is 12.0 Å². The van der Waals surface area contributed by atoms with Gasteiger partial charge in [0.1, 0.15) is 0 Å². The first kappa shape index (κ1) is 16.3. The average Bonchev–Trinajstić information content (AvgIpc) is 2.93. The first-order chi connectivity index (χ1) is 10.1. The van der Waals surface area contributed by atoms with E-state index in [1.54, 1.807) is 11.3 Å². The molecule has 1 nitrogen and oxygen atoms in total. The SMILES string of the molecule is CCCNC(CCc1ccsc1)c1c(C)cc(C)cc1C. The zero-order chi connectivity index (χ0) is 15.2. The van der Waals surface area contributed by atoms with E-state index >= 15 is 0 Å². The average molecular weight is 301 g/mol. The molecule has 114 valence electrons. The maximum absolute atomic E-state index is 3.75. The summed E-state index contributed by atoms with van der Waals surface area (Å²) in [7, 11) is 0. The van der Waals surface area contributed by atoms with Crippen molar-refractivity contribution in [3.05, 3.63) is 56.8 Å². The van der Waals surface area contributed by atoms with Crippen molar-refractivity contribution in [3.8, 4) is 0 Å². The van der Waals surface area contributed by atoms with Crippen LogP contribution in [0.25, 0.3) is 0 Å². The van der Waals surface area contributed by atoms with Crippen molar-refractivity contribution in [2.24, 2.45) is 0 Å². The molecule has 2 rings (SSSR count). The number of aryl methyl sites for hydroxylation is 4. The fraction of sp³-hybridized carbons (Fsp3) is 0.474. The van der Waals surface area contributed by atoms with Crippen LogP contribution in [0, 0.1) is 20.8 Å². The second kappa shape index (κ2) is 7.77. The molecule has 1 heterocycles. The van der Waals surface area contributed by atoms with Crippen LogP contribution in [0.1, 0.15) is 53.6 Å². The molecule has 1 atom stereocenters. The van der Waals surface area contributed by atoms with Crippen LogP contribution in [0.4, 0.5) is 0 Å². The molecule has 0 spiro atoms. The van der Waals surface area contributed by atoms with Crippen LogP contribution < -0.4 is 5.32 Å². The van der Waals surface area contributed by atoms with Gasteiger partial charge in [0, 0.05) is 6.04 Å². The zero-order valence-corrected chi connectivity index (χ0v) is 14.5. The third-order valence-electron chi connectivity index (χ3n) is 4.03. The van der Waals surface area contributed by atoms with E-state index in [9.17, 15) is 0 Å². The van der Waals surface area contributed by atoms with Gasteiger partial charge in [-0.25, -0.2) is 0 Å².